The van der Waals surface area contributed by atoms with Crippen LogP contribution in [0.5, 0.6) is 5.75 Å². The van der Waals surface area contributed by atoms with Gasteiger partial charge in [-0.15, -0.1) is 0 Å². The number of benzene rings is 2. The van der Waals surface area contributed by atoms with E-state index in [1.54, 1.807) is 7.11 Å². The fourth-order valence-corrected chi connectivity index (χ4v) is 3.26. The summed E-state index contributed by atoms with van der Waals surface area (Å²) >= 11 is 0. The molecule has 1 aliphatic rings. The van der Waals surface area contributed by atoms with Gasteiger partial charge in [-0.2, -0.15) is 0 Å². The molecule has 0 saturated carbocycles. The van der Waals surface area contributed by atoms with Gasteiger partial charge in [-0.25, -0.2) is 0 Å². The third kappa shape index (κ3) is 5.45. The van der Waals surface area contributed by atoms with Gasteiger partial charge in [-0.05, 0) is 18.1 Å². The highest BCUT2D eigenvalue weighted by Crippen LogP contribution is 2.18. The van der Waals surface area contributed by atoms with E-state index in [0.717, 1.165) is 57.0 Å². The minimum absolute atomic E-state index is 0.935. The predicted molar refractivity (Wildman–Crippen MR) is 105 cm³/mol. The quantitative estimate of drug-likeness (QED) is 0.769. The van der Waals surface area contributed by atoms with Crippen molar-refractivity contribution >= 4 is 6.08 Å². The summed E-state index contributed by atoms with van der Waals surface area (Å²) in [6.07, 6.45) is 5.56. The van der Waals surface area contributed by atoms with Crippen LogP contribution in [0.3, 0.4) is 0 Å². The molecular formula is C22H28N2O. The molecule has 0 bridgehead atoms. The van der Waals surface area contributed by atoms with E-state index >= 15 is 0 Å². The van der Waals surface area contributed by atoms with Crippen molar-refractivity contribution < 1.29 is 4.74 Å². The summed E-state index contributed by atoms with van der Waals surface area (Å²) in [5.74, 6) is 0.935. The Bertz CT molecular complexity index is 661. The van der Waals surface area contributed by atoms with Crippen molar-refractivity contribution in [2.75, 3.05) is 46.4 Å². The van der Waals surface area contributed by atoms with Gasteiger partial charge in [0.05, 0.1) is 7.11 Å². The summed E-state index contributed by atoms with van der Waals surface area (Å²) in [4.78, 5) is 5.10. The largest absolute Gasteiger partial charge is 0.496 e. The summed E-state index contributed by atoms with van der Waals surface area (Å²) < 4.78 is 5.39. The highest BCUT2D eigenvalue weighted by Gasteiger charge is 2.15. The van der Waals surface area contributed by atoms with Gasteiger partial charge in [0.15, 0.2) is 0 Å². The molecule has 3 heteroatoms. The lowest BCUT2D eigenvalue weighted by atomic mass is 10.1. The Hall–Kier alpha value is -2.10. The van der Waals surface area contributed by atoms with Crippen LogP contribution in [0.1, 0.15) is 11.1 Å². The van der Waals surface area contributed by atoms with Gasteiger partial charge in [0.2, 0.25) is 0 Å². The van der Waals surface area contributed by atoms with E-state index in [1.807, 2.05) is 18.2 Å². The molecule has 1 heterocycles. The van der Waals surface area contributed by atoms with Crippen molar-refractivity contribution in [2.24, 2.45) is 0 Å². The lowest BCUT2D eigenvalue weighted by Crippen LogP contribution is -2.46. The minimum atomic E-state index is 0.935. The lowest BCUT2D eigenvalue weighted by molar-refractivity contribution is 0.144. The van der Waals surface area contributed by atoms with Crippen molar-refractivity contribution in [2.45, 2.75) is 6.42 Å². The Labute approximate surface area is 151 Å². The third-order valence-corrected chi connectivity index (χ3v) is 4.82. The maximum atomic E-state index is 5.39. The molecule has 0 unspecified atom stereocenters. The summed E-state index contributed by atoms with van der Waals surface area (Å²) in [6.45, 7) is 6.78. The molecule has 0 radical (unpaired) electrons. The average Bonchev–Trinajstić information content (AvgIpc) is 2.68. The zero-order valence-corrected chi connectivity index (χ0v) is 15.1. The molecule has 1 saturated heterocycles. The fraction of sp³-hybridized carbons (Fsp3) is 0.364. The molecule has 0 aromatic heterocycles. The van der Waals surface area contributed by atoms with Crippen LogP contribution in [-0.2, 0) is 6.42 Å². The number of para-hydroxylation sites is 1. The number of piperazine rings is 1. The molecule has 2 aromatic carbocycles. The molecule has 1 fully saturated rings. The van der Waals surface area contributed by atoms with Crippen LogP contribution in [-0.4, -0.2) is 56.2 Å². The maximum Gasteiger partial charge on any atom is 0.126 e. The van der Waals surface area contributed by atoms with E-state index in [4.69, 9.17) is 4.74 Å². The zero-order valence-electron chi connectivity index (χ0n) is 15.1. The molecule has 0 atom stereocenters. The van der Waals surface area contributed by atoms with Crippen molar-refractivity contribution in [1.82, 2.24) is 9.80 Å². The van der Waals surface area contributed by atoms with Gasteiger partial charge in [-0.1, -0.05) is 60.7 Å². The maximum absolute atomic E-state index is 5.39. The Balaban J connectivity index is 1.40. The van der Waals surface area contributed by atoms with E-state index in [9.17, 15) is 0 Å². The molecular weight excluding hydrogens is 308 g/mol. The third-order valence-electron chi connectivity index (χ3n) is 4.82. The van der Waals surface area contributed by atoms with Gasteiger partial charge in [0.25, 0.3) is 0 Å². The van der Waals surface area contributed by atoms with E-state index in [-0.39, 0.29) is 0 Å². The first kappa shape index (κ1) is 17.7. The molecule has 1 aliphatic heterocycles. The number of rotatable bonds is 7. The normalized spacial score (nSPS) is 16.4. The second-order valence-corrected chi connectivity index (χ2v) is 6.52. The smallest absolute Gasteiger partial charge is 0.126 e. The van der Waals surface area contributed by atoms with Crippen LogP contribution in [0.2, 0.25) is 0 Å². The highest BCUT2D eigenvalue weighted by atomic mass is 16.5. The van der Waals surface area contributed by atoms with Crippen LogP contribution in [0.15, 0.2) is 60.7 Å². The van der Waals surface area contributed by atoms with E-state index < -0.39 is 0 Å². The Morgan fingerprint density at radius 1 is 0.880 bits per heavy atom. The van der Waals surface area contributed by atoms with Crippen molar-refractivity contribution in [1.29, 1.82) is 0 Å². The standard InChI is InChI=1S/C22H28N2O/c1-25-22-12-6-5-10-21(22)11-7-14-23-16-18-24(19-17-23)15-13-20-8-3-2-4-9-20/h2-12H,13-19H2,1H3. The molecule has 0 aliphatic carbocycles. The molecule has 3 rings (SSSR count). The number of hydrogen-bond donors (Lipinski definition) is 0. The first-order chi connectivity index (χ1) is 12.3. The highest BCUT2D eigenvalue weighted by molar-refractivity contribution is 5.57. The molecule has 0 amide bonds. The Morgan fingerprint density at radius 2 is 1.56 bits per heavy atom. The van der Waals surface area contributed by atoms with Gasteiger partial charge in [0.1, 0.15) is 5.75 Å². The summed E-state index contributed by atoms with van der Waals surface area (Å²) in [6, 6.07) is 18.9. The summed E-state index contributed by atoms with van der Waals surface area (Å²) in [5.41, 5.74) is 2.58. The predicted octanol–water partition coefficient (Wildman–Crippen LogP) is 3.57. The Morgan fingerprint density at radius 3 is 2.32 bits per heavy atom. The zero-order chi connectivity index (χ0) is 17.3. The topological polar surface area (TPSA) is 15.7 Å². The molecule has 132 valence electrons. The van der Waals surface area contributed by atoms with Crippen LogP contribution >= 0.6 is 0 Å². The van der Waals surface area contributed by atoms with Crippen LogP contribution in [0.25, 0.3) is 6.08 Å². The van der Waals surface area contributed by atoms with E-state index in [0.29, 0.717) is 0 Å². The Kier molecular flexibility index (Phi) is 6.66. The summed E-state index contributed by atoms with van der Waals surface area (Å²) in [7, 11) is 1.72. The fourth-order valence-electron chi connectivity index (χ4n) is 3.26. The number of hydrogen-bond acceptors (Lipinski definition) is 3. The van der Waals surface area contributed by atoms with Crippen molar-refractivity contribution in [3.05, 3.63) is 71.8 Å². The van der Waals surface area contributed by atoms with Crippen LogP contribution < -0.4 is 4.74 Å². The minimum Gasteiger partial charge on any atom is -0.496 e. The van der Waals surface area contributed by atoms with Gasteiger partial charge < -0.3 is 9.64 Å². The number of nitrogens with zero attached hydrogens (tertiary/aromatic N) is 2. The SMILES string of the molecule is COc1ccccc1C=CCN1CCN(CCc2ccccc2)CC1. The molecule has 0 N–H and O–H groups in total. The summed E-state index contributed by atoms with van der Waals surface area (Å²) in [5, 5.41) is 0. The molecule has 2 aromatic rings. The monoisotopic (exact) mass is 336 g/mol. The first-order valence-electron chi connectivity index (χ1n) is 9.13. The van der Waals surface area contributed by atoms with Crippen molar-refractivity contribution in [3.63, 3.8) is 0 Å². The van der Waals surface area contributed by atoms with E-state index in [2.05, 4.69) is 58.4 Å². The van der Waals surface area contributed by atoms with Crippen LogP contribution in [0, 0.1) is 0 Å². The number of ether oxygens (including phenoxy) is 1. The van der Waals surface area contributed by atoms with E-state index in [1.165, 1.54) is 5.56 Å². The lowest BCUT2D eigenvalue weighted by Gasteiger charge is -2.34. The second-order valence-electron chi connectivity index (χ2n) is 6.52. The van der Waals surface area contributed by atoms with Gasteiger partial charge in [0, 0.05) is 44.8 Å². The second kappa shape index (κ2) is 9.40. The van der Waals surface area contributed by atoms with Gasteiger partial charge in [-0.3, -0.25) is 4.90 Å². The van der Waals surface area contributed by atoms with Gasteiger partial charge >= 0.3 is 0 Å². The average molecular weight is 336 g/mol. The number of methoxy groups -OCH3 is 1. The molecule has 0 spiro atoms. The van der Waals surface area contributed by atoms with Crippen LogP contribution in [0.4, 0.5) is 0 Å². The molecule has 25 heavy (non-hydrogen) atoms. The van der Waals surface area contributed by atoms with Crippen molar-refractivity contribution in [3.8, 4) is 5.75 Å². The first-order valence-corrected chi connectivity index (χ1v) is 9.13. The molecule has 3 nitrogen and oxygen atoms in total.